The molecule has 0 radical (unpaired) electrons. The van der Waals surface area contributed by atoms with E-state index in [0.717, 1.165) is 0 Å². The van der Waals surface area contributed by atoms with E-state index in [-0.39, 0.29) is 25.4 Å². The molecule has 0 aliphatic carbocycles. The van der Waals surface area contributed by atoms with Gasteiger partial charge in [-0.25, -0.2) is 4.39 Å². The Labute approximate surface area is 92.3 Å². The molecule has 16 heavy (non-hydrogen) atoms. The maximum Gasteiger partial charge on any atom is 0.310 e. The summed E-state index contributed by atoms with van der Waals surface area (Å²) >= 11 is 0. The van der Waals surface area contributed by atoms with Gasteiger partial charge in [-0.15, -0.1) is 0 Å². The number of carboxylic acids is 1. The Kier molecular flexibility index (Phi) is 4.72. The van der Waals surface area contributed by atoms with Crippen LogP contribution in [0.25, 0.3) is 0 Å². The van der Waals surface area contributed by atoms with Crippen LogP contribution in [0.5, 0.6) is 5.75 Å². The van der Waals surface area contributed by atoms with Crippen LogP contribution in [0, 0.1) is 11.7 Å². The third-order valence-electron chi connectivity index (χ3n) is 2.07. The Morgan fingerprint density at radius 1 is 1.50 bits per heavy atom. The number of aliphatic hydroxyl groups is 1. The van der Waals surface area contributed by atoms with E-state index in [1.165, 1.54) is 18.2 Å². The van der Waals surface area contributed by atoms with Gasteiger partial charge in [0, 0.05) is 12.7 Å². The van der Waals surface area contributed by atoms with Crippen molar-refractivity contribution < 1.29 is 24.1 Å². The lowest BCUT2D eigenvalue weighted by atomic mass is 10.1. The number of hydrogen-bond donors (Lipinski definition) is 2. The molecule has 4 nitrogen and oxygen atoms in total. The Balaban J connectivity index is 2.51. The standard InChI is InChI=1S/C11H13FO4/c12-9-2-1-3-10(6-9)16-7-8(4-5-13)11(14)15/h1-3,6,8,13H,4-5,7H2,(H,14,15). The predicted molar refractivity (Wildman–Crippen MR) is 54.7 cm³/mol. The van der Waals surface area contributed by atoms with Gasteiger partial charge in [0.05, 0.1) is 5.92 Å². The molecule has 0 bridgehead atoms. The zero-order valence-corrected chi connectivity index (χ0v) is 8.60. The Bertz CT molecular complexity index is 354. The van der Waals surface area contributed by atoms with Crippen LogP contribution >= 0.6 is 0 Å². The monoisotopic (exact) mass is 228 g/mol. The van der Waals surface area contributed by atoms with Crippen LogP contribution in [0.15, 0.2) is 24.3 Å². The van der Waals surface area contributed by atoms with E-state index >= 15 is 0 Å². The SMILES string of the molecule is O=C(O)C(CCO)COc1cccc(F)c1. The normalized spacial score (nSPS) is 12.1. The highest BCUT2D eigenvalue weighted by atomic mass is 19.1. The second-order valence-corrected chi connectivity index (χ2v) is 3.32. The van der Waals surface area contributed by atoms with Crippen molar-refractivity contribution in [3.63, 3.8) is 0 Å². The van der Waals surface area contributed by atoms with Crippen molar-refractivity contribution in [1.29, 1.82) is 0 Å². The van der Waals surface area contributed by atoms with E-state index in [4.69, 9.17) is 14.9 Å². The molecule has 1 rings (SSSR count). The largest absolute Gasteiger partial charge is 0.493 e. The third kappa shape index (κ3) is 3.86. The number of aliphatic carboxylic acids is 1. The van der Waals surface area contributed by atoms with E-state index in [1.54, 1.807) is 6.07 Å². The van der Waals surface area contributed by atoms with Gasteiger partial charge in [0.15, 0.2) is 0 Å². The Morgan fingerprint density at radius 2 is 2.25 bits per heavy atom. The summed E-state index contributed by atoms with van der Waals surface area (Å²) in [6.45, 7) is -0.303. The molecule has 0 aliphatic heterocycles. The Morgan fingerprint density at radius 3 is 2.81 bits per heavy atom. The molecule has 0 heterocycles. The van der Waals surface area contributed by atoms with Crippen molar-refractivity contribution in [2.24, 2.45) is 5.92 Å². The van der Waals surface area contributed by atoms with E-state index in [1.807, 2.05) is 0 Å². The van der Waals surface area contributed by atoms with Crippen molar-refractivity contribution >= 4 is 5.97 Å². The van der Waals surface area contributed by atoms with Crippen LogP contribution in [0.1, 0.15) is 6.42 Å². The molecule has 88 valence electrons. The molecule has 1 atom stereocenters. The maximum atomic E-state index is 12.8. The first-order valence-corrected chi connectivity index (χ1v) is 4.85. The van der Waals surface area contributed by atoms with Gasteiger partial charge >= 0.3 is 5.97 Å². The fraction of sp³-hybridized carbons (Fsp3) is 0.364. The number of carboxylic acid groups (broad SMARTS) is 1. The third-order valence-corrected chi connectivity index (χ3v) is 2.07. The highest BCUT2D eigenvalue weighted by Crippen LogP contribution is 2.14. The fourth-order valence-corrected chi connectivity index (χ4v) is 1.19. The summed E-state index contributed by atoms with van der Waals surface area (Å²) in [6, 6.07) is 5.47. The summed E-state index contributed by atoms with van der Waals surface area (Å²) in [6.07, 6.45) is 0.116. The quantitative estimate of drug-likeness (QED) is 0.769. The van der Waals surface area contributed by atoms with Crippen molar-refractivity contribution in [3.8, 4) is 5.75 Å². The summed E-state index contributed by atoms with van der Waals surface area (Å²) in [5.41, 5.74) is 0. The van der Waals surface area contributed by atoms with Gasteiger partial charge in [0.25, 0.3) is 0 Å². The van der Waals surface area contributed by atoms with Crippen molar-refractivity contribution in [2.45, 2.75) is 6.42 Å². The molecule has 1 aromatic carbocycles. The molecule has 5 heteroatoms. The van der Waals surface area contributed by atoms with E-state index in [2.05, 4.69) is 0 Å². The molecule has 2 N–H and O–H groups in total. The first-order chi connectivity index (χ1) is 7.63. The number of benzene rings is 1. The van der Waals surface area contributed by atoms with Crippen molar-refractivity contribution in [3.05, 3.63) is 30.1 Å². The molecule has 0 saturated carbocycles. The fourth-order valence-electron chi connectivity index (χ4n) is 1.19. The van der Waals surface area contributed by atoms with Crippen molar-refractivity contribution in [1.82, 2.24) is 0 Å². The maximum absolute atomic E-state index is 12.8. The first-order valence-electron chi connectivity index (χ1n) is 4.85. The van der Waals surface area contributed by atoms with Crippen LogP contribution < -0.4 is 4.74 Å². The molecule has 0 aliphatic rings. The number of rotatable bonds is 6. The molecule has 1 aromatic rings. The molecule has 0 aromatic heterocycles. The van der Waals surface area contributed by atoms with Gasteiger partial charge in [-0.1, -0.05) is 6.07 Å². The van der Waals surface area contributed by atoms with Gasteiger partial charge < -0.3 is 14.9 Å². The highest BCUT2D eigenvalue weighted by Gasteiger charge is 2.17. The second-order valence-electron chi connectivity index (χ2n) is 3.32. The number of carbonyl (C=O) groups is 1. The van der Waals surface area contributed by atoms with Crippen LogP contribution in [-0.4, -0.2) is 29.4 Å². The summed E-state index contributed by atoms with van der Waals surface area (Å²) in [7, 11) is 0. The second kappa shape index (κ2) is 6.07. The minimum absolute atomic E-state index is 0.0840. The smallest absolute Gasteiger partial charge is 0.310 e. The Hall–Kier alpha value is -1.62. The lowest BCUT2D eigenvalue weighted by Crippen LogP contribution is -2.22. The summed E-state index contributed by atoms with van der Waals surface area (Å²) in [5.74, 6) is -1.98. The van der Waals surface area contributed by atoms with E-state index < -0.39 is 17.7 Å². The number of aliphatic hydroxyl groups excluding tert-OH is 1. The van der Waals surface area contributed by atoms with Gasteiger partial charge in [0.1, 0.15) is 18.2 Å². The van der Waals surface area contributed by atoms with Crippen LogP contribution in [-0.2, 0) is 4.79 Å². The van der Waals surface area contributed by atoms with Crippen LogP contribution in [0.2, 0.25) is 0 Å². The lowest BCUT2D eigenvalue weighted by molar-refractivity contribution is -0.143. The lowest BCUT2D eigenvalue weighted by Gasteiger charge is -2.12. The van der Waals surface area contributed by atoms with Crippen LogP contribution in [0.3, 0.4) is 0 Å². The zero-order valence-electron chi connectivity index (χ0n) is 8.60. The first kappa shape index (κ1) is 12.4. The molecule has 0 fully saturated rings. The molecule has 0 spiro atoms. The van der Waals surface area contributed by atoms with Gasteiger partial charge in [-0.05, 0) is 18.6 Å². The molecular formula is C11H13FO4. The summed E-state index contributed by atoms with van der Waals surface area (Å²) in [4.78, 5) is 10.7. The van der Waals surface area contributed by atoms with Gasteiger partial charge in [-0.3, -0.25) is 4.79 Å². The minimum Gasteiger partial charge on any atom is -0.493 e. The van der Waals surface area contributed by atoms with E-state index in [9.17, 15) is 9.18 Å². The predicted octanol–water partition coefficient (Wildman–Crippen LogP) is 1.29. The number of hydrogen-bond acceptors (Lipinski definition) is 3. The van der Waals surface area contributed by atoms with Gasteiger partial charge in [0.2, 0.25) is 0 Å². The van der Waals surface area contributed by atoms with Crippen molar-refractivity contribution in [2.75, 3.05) is 13.2 Å². The highest BCUT2D eigenvalue weighted by molar-refractivity contribution is 5.70. The average Bonchev–Trinajstić information content (AvgIpc) is 2.24. The molecule has 1 unspecified atom stereocenters. The van der Waals surface area contributed by atoms with Gasteiger partial charge in [-0.2, -0.15) is 0 Å². The summed E-state index contributed by atoms with van der Waals surface area (Å²) < 4.78 is 17.9. The summed E-state index contributed by atoms with van der Waals surface area (Å²) in [5, 5.41) is 17.4. The number of ether oxygens (including phenoxy) is 1. The molecular weight excluding hydrogens is 215 g/mol. The van der Waals surface area contributed by atoms with Crippen LogP contribution in [0.4, 0.5) is 4.39 Å². The average molecular weight is 228 g/mol. The van der Waals surface area contributed by atoms with E-state index in [0.29, 0.717) is 0 Å². The molecule has 0 saturated heterocycles. The zero-order chi connectivity index (χ0) is 12.0. The topological polar surface area (TPSA) is 66.8 Å². The minimum atomic E-state index is -1.04. The molecule has 0 amide bonds. The number of halogens is 1.